The van der Waals surface area contributed by atoms with E-state index < -0.39 is 16.6 Å². The van der Waals surface area contributed by atoms with Crippen LogP contribution in [0.3, 0.4) is 0 Å². The number of rotatable bonds is 9. The summed E-state index contributed by atoms with van der Waals surface area (Å²) in [5.41, 5.74) is 9.78. The van der Waals surface area contributed by atoms with Gasteiger partial charge in [-0.15, -0.1) is 0 Å². The average molecular weight is 629 g/mol. The first kappa shape index (κ1) is 30.0. The summed E-state index contributed by atoms with van der Waals surface area (Å²) in [4.78, 5) is 28.5. The van der Waals surface area contributed by atoms with Crippen LogP contribution in [0.2, 0.25) is 0 Å². The number of nitrogen functional groups attached to an aromatic ring is 1. The molecule has 0 amide bonds. The van der Waals surface area contributed by atoms with Crippen LogP contribution in [0.15, 0.2) is 103 Å². The number of nitrogens with one attached hydrogen (secondary N) is 3. The fraction of sp³-hybridized carbons (Fsp3) is 0. The quantitative estimate of drug-likeness (QED) is 0.0921. The van der Waals surface area contributed by atoms with E-state index in [2.05, 4.69) is 35.9 Å². The molecule has 0 bridgehead atoms. The molecule has 230 valence electrons. The van der Waals surface area contributed by atoms with Crippen molar-refractivity contribution in [3.63, 3.8) is 0 Å². The summed E-state index contributed by atoms with van der Waals surface area (Å²) in [5.74, 6) is -0.330. The molecule has 0 fully saturated rings. The van der Waals surface area contributed by atoms with E-state index in [1.165, 1.54) is 66.7 Å². The van der Waals surface area contributed by atoms with Gasteiger partial charge in [-0.1, -0.05) is 24.3 Å². The van der Waals surface area contributed by atoms with Crippen LogP contribution in [-0.2, 0) is 0 Å². The SMILES string of the molecule is N#Cc1c(-c2cccc([N+](=O)[O-])c2)cc(-c2ccc(Nc3nc(Nc4ccc(F)cc4)nc(Nc4ccc(F)cc4)n3)cc2)nc1N. The minimum absolute atomic E-state index is 0.0127. The Bertz CT molecular complexity index is 2070. The van der Waals surface area contributed by atoms with E-state index in [0.29, 0.717) is 39.4 Å². The van der Waals surface area contributed by atoms with E-state index in [4.69, 9.17) is 5.73 Å². The molecule has 14 heteroatoms. The Morgan fingerprint density at radius 1 is 0.681 bits per heavy atom. The molecule has 0 unspecified atom stereocenters. The van der Waals surface area contributed by atoms with Crippen molar-refractivity contribution in [3.05, 3.63) is 130 Å². The Hall–Kier alpha value is -7.01. The number of hydrogen-bond acceptors (Lipinski definition) is 11. The Balaban J connectivity index is 1.29. The molecule has 5 N–H and O–H groups in total. The van der Waals surface area contributed by atoms with Crippen LogP contribution in [0.25, 0.3) is 22.4 Å². The highest BCUT2D eigenvalue weighted by atomic mass is 19.1. The zero-order valence-corrected chi connectivity index (χ0v) is 24.1. The molecule has 0 aliphatic carbocycles. The largest absolute Gasteiger partial charge is 0.383 e. The van der Waals surface area contributed by atoms with Gasteiger partial charge in [0.15, 0.2) is 0 Å². The lowest BCUT2D eigenvalue weighted by molar-refractivity contribution is -0.384. The first-order chi connectivity index (χ1) is 22.7. The van der Waals surface area contributed by atoms with Gasteiger partial charge in [-0.25, -0.2) is 13.8 Å². The molecule has 12 nitrogen and oxygen atoms in total. The lowest BCUT2D eigenvalue weighted by Crippen LogP contribution is -2.07. The maximum atomic E-state index is 13.4. The highest BCUT2D eigenvalue weighted by Gasteiger charge is 2.16. The number of nitro groups is 1. The van der Waals surface area contributed by atoms with Gasteiger partial charge in [0.2, 0.25) is 17.8 Å². The van der Waals surface area contributed by atoms with Crippen molar-refractivity contribution in [2.75, 3.05) is 21.7 Å². The monoisotopic (exact) mass is 628 g/mol. The number of nitro benzene ring substituents is 1. The summed E-state index contributed by atoms with van der Waals surface area (Å²) in [6, 6.07) is 28.0. The van der Waals surface area contributed by atoms with Crippen LogP contribution in [0, 0.1) is 33.1 Å². The maximum absolute atomic E-state index is 13.4. The van der Waals surface area contributed by atoms with Crippen molar-refractivity contribution >= 4 is 46.4 Å². The van der Waals surface area contributed by atoms with Gasteiger partial charge in [-0.3, -0.25) is 10.1 Å². The lowest BCUT2D eigenvalue weighted by Gasteiger charge is -2.13. The molecule has 0 saturated carbocycles. The number of benzene rings is 4. The number of aromatic nitrogens is 4. The average Bonchev–Trinajstić information content (AvgIpc) is 3.07. The van der Waals surface area contributed by atoms with Crippen molar-refractivity contribution in [1.29, 1.82) is 5.26 Å². The van der Waals surface area contributed by atoms with Gasteiger partial charge in [-0.05, 0) is 72.3 Å². The normalized spacial score (nSPS) is 10.6. The van der Waals surface area contributed by atoms with Crippen LogP contribution in [-0.4, -0.2) is 24.9 Å². The van der Waals surface area contributed by atoms with Gasteiger partial charge < -0.3 is 21.7 Å². The summed E-state index contributed by atoms with van der Waals surface area (Å²) >= 11 is 0. The number of pyridine rings is 1. The number of nitrogens with zero attached hydrogens (tertiary/aromatic N) is 6. The molecule has 4 aromatic carbocycles. The third kappa shape index (κ3) is 7.05. The van der Waals surface area contributed by atoms with Crippen molar-refractivity contribution in [1.82, 2.24) is 19.9 Å². The van der Waals surface area contributed by atoms with Gasteiger partial charge in [0.25, 0.3) is 5.69 Å². The summed E-state index contributed by atoms with van der Waals surface area (Å²) in [6.07, 6.45) is 0. The number of halogens is 2. The van der Waals surface area contributed by atoms with Crippen molar-refractivity contribution < 1.29 is 13.7 Å². The Kier molecular flexibility index (Phi) is 8.26. The molecule has 6 rings (SSSR count). The highest BCUT2D eigenvalue weighted by Crippen LogP contribution is 2.33. The number of nitriles is 1. The second-order valence-corrected chi connectivity index (χ2v) is 10.0. The Labute approximate surface area is 265 Å². The van der Waals surface area contributed by atoms with E-state index in [0.717, 1.165) is 0 Å². The zero-order chi connectivity index (χ0) is 32.9. The summed E-state index contributed by atoms with van der Waals surface area (Å²) in [7, 11) is 0. The molecule has 0 radical (unpaired) electrons. The van der Waals surface area contributed by atoms with Crippen molar-refractivity contribution in [3.8, 4) is 28.5 Å². The minimum Gasteiger partial charge on any atom is -0.383 e. The second-order valence-electron chi connectivity index (χ2n) is 10.0. The van der Waals surface area contributed by atoms with Gasteiger partial charge in [-0.2, -0.15) is 20.2 Å². The third-order valence-electron chi connectivity index (χ3n) is 6.80. The number of non-ortho nitro benzene ring substituents is 1. The van der Waals surface area contributed by atoms with Crippen LogP contribution in [0.1, 0.15) is 5.56 Å². The Morgan fingerprint density at radius 2 is 1.17 bits per heavy atom. The first-order valence-corrected chi connectivity index (χ1v) is 13.9. The fourth-order valence-corrected chi connectivity index (χ4v) is 4.57. The molecule has 0 saturated heterocycles. The van der Waals surface area contributed by atoms with Gasteiger partial charge in [0.1, 0.15) is 29.1 Å². The summed E-state index contributed by atoms with van der Waals surface area (Å²) < 4.78 is 26.9. The molecule has 0 aliphatic rings. The van der Waals surface area contributed by atoms with Crippen LogP contribution >= 0.6 is 0 Å². The number of nitrogens with two attached hydrogens (primary N) is 1. The molecular formula is C33H22F2N10O2. The predicted molar refractivity (Wildman–Crippen MR) is 173 cm³/mol. The van der Waals surface area contributed by atoms with Gasteiger partial charge in [0.05, 0.1) is 10.6 Å². The summed E-state index contributed by atoms with van der Waals surface area (Å²) in [5, 5.41) is 30.2. The van der Waals surface area contributed by atoms with Crippen LogP contribution in [0.5, 0.6) is 0 Å². The van der Waals surface area contributed by atoms with Gasteiger partial charge >= 0.3 is 0 Å². The molecular weight excluding hydrogens is 606 g/mol. The number of anilines is 7. The van der Waals surface area contributed by atoms with Crippen LogP contribution in [0.4, 0.5) is 55.2 Å². The smallest absolute Gasteiger partial charge is 0.270 e. The molecule has 6 aromatic rings. The topological polar surface area (TPSA) is 181 Å². The molecule has 0 atom stereocenters. The molecule has 2 aromatic heterocycles. The number of hydrogen-bond donors (Lipinski definition) is 4. The molecule has 47 heavy (non-hydrogen) atoms. The zero-order valence-electron chi connectivity index (χ0n) is 24.1. The van der Waals surface area contributed by atoms with E-state index in [9.17, 15) is 24.2 Å². The third-order valence-corrected chi connectivity index (χ3v) is 6.80. The van der Waals surface area contributed by atoms with Crippen molar-refractivity contribution in [2.45, 2.75) is 0 Å². The standard InChI is InChI=1S/C33H22F2N10O2/c34-21-6-12-24(13-7-21)39-32-42-31(43-33(44-32)40-25-14-8-22(35)9-15-25)38-23-10-4-19(5-11-23)29-17-27(28(18-36)30(37)41-29)20-2-1-3-26(16-20)45(46)47/h1-17H,(H2,37,41)(H3,38,39,40,42,43,44). The summed E-state index contributed by atoms with van der Waals surface area (Å²) in [6.45, 7) is 0. The first-order valence-electron chi connectivity index (χ1n) is 13.9. The maximum Gasteiger partial charge on any atom is 0.270 e. The fourth-order valence-electron chi connectivity index (χ4n) is 4.57. The van der Waals surface area contributed by atoms with E-state index >= 15 is 0 Å². The highest BCUT2D eigenvalue weighted by molar-refractivity contribution is 5.81. The van der Waals surface area contributed by atoms with Crippen molar-refractivity contribution in [2.24, 2.45) is 0 Å². The lowest BCUT2D eigenvalue weighted by atomic mass is 9.98. The second kappa shape index (κ2) is 12.9. The molecule has 0 aliphatic heterocycles. The van der Waals surface area contributed by atoms with E-state index in [1.54, 1.807) is 36.4 Å². The molecule has 2 heterocycles. The predicted octanol–water partition coefficient (Wildman–Crippen LogP) is 7.47. The van der Waals surface area contributed by atoms with E-state index in [-0.39, 0.29) is 34.9 Å². The Morgan fingerprint density at radius 3 is 1.64 bits per heavy atom. The minimum atomic E-state index is -0.511. The van der Waals surface area contributed by atoms with Crippen LogP contribution < -0.4 is 21.7 Å². The molecule has 0 spiro atoms. The van der Waals surface area contributed by atoms with Gasteiger partial charge in [0, 0.05) is 40.3 Å². The van der Waals surface area contributed by atoms with E-state index in [1.807, 2.05) is 6.07 Å².